The number of anilines is 1. The van der Waals surface area contributed by atoms with Gasteiger partial charge < -0.3 is 10.2 Å². The molecule has 1 heterocycles. The predicted octanol–water partition coefficient (Wildman–Crippen LogP) is 6.83. The van der Waals surface area contributed by atoms with Crippen LogP contribution in [0.2, 0.25) is 15.1 Å². The first-order chi connectivity index (χ1) is 19.6. The van der Waals surface area contributed by atoms with Crippen LogP contribution >= 0.6 is 34.8 Å². The number of benzene rings is 3. The molecule has 1 N–H and O–H groups in total. The smallest absolute Gasteiger partial charge is 0.313 e. The Hall–Kier alpha value is -2.62. The summed E-state index contributed by atoms with van der Waals surface area (Å²) >= 11 is 18.8. The maximum atomic E-state index is 13.3. The van der Waals surface area contributed by atoms with Gasteiger partial charge in [0, 0.05) is 48.0 Å². The minimum atomic E-state index is -3.72. The van der Waals surface area contributed by atoms with Crippen LogP contribution in [0, 0.1) is 0 Å². The second kappa shape index (κ2) is 12.7. The molecule has 0 aromatic heterocycles. The van der Waals surface area contributed by atoms with Crippen molar-refractivity contribution in [2.75, 3.05) is 31.5 Å². The minimum Gasteiger partial charge on any atom is -0.332 e. The van der Waals surface area contributed by atoms with E-state index in [0.717, 1.165) is 12.8 Å². The molecule has 1 aliphatic heterocycles. The number of carbonyl (C=O) groups is 2. The summed E-state index contributed by atoms with van der Waals surface area (Å²) in [7, 11) is -3.72. The molecule has 0 atom stereocenters. The Morgan fingerprint density at radius 2 is 1.49 bits per heavy atom. The van der Waals surface area contributed by atoms with E-state index in [1.807, 2.05) is 12.1 Å². The maximum Gasteiger partial charge on any atom is 0.313 e. The molecule has 1 aliphatic carbocycles. The van der Waals surface area contributed by atoms with E-state index >= 15 is 0 Å². The van der Waals surface area contributed by atoms with Gasteiger partial charge in [0.15, 0.2) is 0 Å². The van der Waals surface area contributed by atoms with Gasteiger partial charge in [0.05, 0.1) is 14.9 Å². The third-order valence-electron chi connectivity index (χ3n) is 7.79. The fourth-order valence-corrected chi connectivity index (χ4v) is 7.50. The lowest BCUT2D eigenvalue weighted by Gasteiger charge is -2.33. The molecular weight excluding hydrogens is 605 g/mol. The highest BCUT2D eigenvalue weighted by molar-refractivity contribution is 7.89. The zero-order valence-corrected chi connectivity index (χ0v) is 25.4. The molecule has 216 valence electrons. The summed E-state index contributed by atoms with van der Waals surface area (Å²) in [4.78, 5) is 27.6. The number of amides is 2. The largest absolute Gasteiger partial charge is 0.332 e. The maximum absolute atomic E-state index is 13.3. The first-order valence-electron chi connectivity index (χ1n) is 13.6. The second-order valence-electron chi connectivity index (χ2n) is 10.3. The Balaban J connectivity index is 1.23. The van der Waals surface area contributed by atoms with E-state index in [2.05, 4.69) is 5.32 Å². The lowest BCUT2D eigenvalue weighted by Crippen LogP contribution is -2.52. The highest BCUT2D eigenvalue weighted by Gasteiger charge is 2.32. The van der Waals surface area contributed by atoms with Gasteiger partial charge in [0.25, 0.3) is 0 Å². The van der Waals surface area contributed by atoms with E-state index in [4.69, 9.17) is 34.8 Å². The average molecular weight is 635 g/mol. The summed E-state index contributed by atoms with van der Waals surface area (Å²) in [6.07, 6.45) is 5.97. The fourth-order valence-electron chi connectivity index (χ4n) is 5.51. The summed E-state index contributed by atoms with van der Waals surface area (Å²) in [5.41, 5.74) is 2.59. The Labute approximate surface area is 255 Å². The van der Waals surface area contributed by atoms with Crippen LogP contribution in [0.4, 0.5) is 5.69 Å². The monoisotopic (exact) mass is 633 g/mol. The third kappa shape index (κ3) is 6.57. The van der Waals surface area contributed by atoms with E-state index in [0.29, 0.717) is 37.8 Å². The molecule has 2 amide bonds. The molecule has 11 heteroatoms. The van der Waals surface area contributed by atoms with Crippen molar-refractivity contribution >= 4 is 62.3 Å². The van der Waals surface area contributed by atoms with Gasteiger partial charge in [-0.1, -0.05) is 78.3 Å². The molecule has 2 fully saturated rings. The highest BCUT2D eigenvalue weighted by Crippen LogP contribution is 2.38. The molecule has 0 spiro atoms. The van der Waals surface area contributed by atoms with Gasteiger partial charge in [-0.15, -0.1) is 0 Å². The standard InChI is InChI=1S/C30H30Cl3N3O4S/c31-22-11-14-27(25(19-22)24-7-4-8-26(32)28(24)33)34-29(37)30(38)35-15-17-36(18-16-35)41(39,40)23-12-9-21(10-13-23)20-5-2-1-3-6-20/h4,7-14,19-20H,1-3,5-6,15-18H2,(H,34,37). The Bertz CT molecular complexity index is 1550. The van der Waals surface area contributed by atoms with Gasteiger partial charge in [-0.25, -0.2) is 8.42 Å². The van der Waals surface area contributed by atoms with Crippen LogP contribution in [0.25, 0.3) is 11.1 Å². The number of nitrogens with zero attached hydrogens (tertiary/aromatic N) is 2. The predicted molar refractivity (Wildman–Crippen MR) is 163 cm³/mol. The summed E-state index contributed by atoms with van der Waals surface area (Å²) < 4.78 is 27.9. The topological polar surface area (TPSA) is 86.8 Å². The number of rotatable bonds is 5. The number of hydrogen-bond donors (Lipinski definition) is 1. The van der Waals surface area contributed by atoms with E-state index in [9.17, 15) is 18.0 Å². The average Bonchev–Trinajstić information content (AvgIpc) is 2.99. The van der Waals surface area contributed by atoms with Crippen molar-refractivity contribution in [1.82, 2.24) is 9.21 Å². The van der Waals surface area contributed by atoms with Crippen molar-refractivity contribution in [1.29, 1.82) is 0 Å². The molecule has 3 aromatic rings. The molecule has 0 bridgehead atoms. The Morgan fingerprint density at radius 1 is 0.805 bits per heavy atom. The van der Waals surface area contributed by atoms with Gasteiger partial charge in [-0.3, -0.25) is 9.59 Å². The van der Waals surface area contributed by atoms with Crippen molar-refractivity contribution in [3.8, 4) is 11.1 Å². The summed E-state index contributed by atoms with van der Waals surface area (Å²) in [5, 5.41) is 3.70. The van der Waals surface area contributed by atoms with E-state index in [1.165, 1.54) is 34.0 Å². The molecule has 7 nitrogen and oxygen atoms in total. The Morgan fingerprint density at radius 3 is 2.17 bits per heavy atom. The van der Waals surface area contributed by atoms with E-state index in [-0.39, 0.29) is 31.1 Å². The number of carbonyl (C=O) groups excluding carboxylic acids is 2. The minimum absolute atomic E-state index is 0.0933. The van der Waals surface area contributed by atoms with E-state index < -0.39 is 21.8 Å². The van der Waals surface area contributed by atoms with Crippen molar-refractivity contribution in [3.63, 3.8) is 0 Å². The van der Waals surface area contributed by atoms with Crippen LogP contribution in [0.15, 0.2) is 65.6 Å². The first-order valence-corrected chi connectivity index (χ1v) is 16.2. The molecule has 1 saturated carbocycles. The summed E-state index contributed by atoms with van der Waals surface area (Å²) in [6.45, 7) is 0.380. The second-order valence-corrected chi connectivity index (χ2v) is 13.5. The van der Waals surface area contributed by atoms with Crippen LogP contribution in [-0.2, 0) is 19.6 Å². The summed E-state index contributed by atoms with van der Waals surface area (Å²) in [6, 6.07) is 17.1. The van der Waals surface area contributed by atoms with Crippen molar-refractivity contribution in [2.24, 2.45) is 0 Å². The molecular formula is C30H30Cl3N3O4S. The SMILES string of the molecule is O=C(Nc1ccc(Cl)cc1-c1cccc(Cl)c1Cl)C(=O)N1CCN(S(=O)(=O)c2ccc(C3CCCCC3)cc2)CC1. The molecule has 3 aromatic carbocycles. The van der Waals surface area contributed by atoms with Crippen LogP contribution in [0.1, 0.15) is 43.6 Å². The number of halogens is 3. The lowest BCUT2D eigenvalue weighted by molar-refractivity contribution is -0.143. The quantitative estimate of drug-likeness (QED) is 0.312. The van der Waals surface area contributed by atoms with Crippen LogP contribution in [-0.4, -0.2) is 55.6 Å². The van der Waals surface area contributed by atoms with Gasteiger partial charge in [-0.2, -0.15) is 4.31 Å². The van der Waals surface area contributed by atoms with Gasteiger partial charge in [0.2, 0.25) is 10.0 Å². The number of sulfonamides is 1. The highest BCUT2D eigenvalue weighted by atomic mass is 35.5. The number of hydrogen-bond acceptors (Lipinski definition) is 4. The molecule has 0 radical (unpaired) electrons. The van der Waals surface area contributed by atoms with Crippen LogP contribution in [0.3, 0.4) is 0 Å². The van der Waals surface area contributed by atoms with E-state index in [1.54, 1.807) is 48.5 Å². The Kier molecular flexibility index (Phi) is 9.26. The van der Waals surface area contributed by atoms with Crippen LogP contribution in [0.5, 0.6) is 0 Å². The zero-order valence-electron chi connectivity index (χ0n) is 22.3. The zero-order chi connectivity index (χ0) is 29.1. The molecule has 0 unspecified atom stereocenters. The molecule has 1 saturated heterocycles. The number of piperazine rings is 1. The first kappa shape index (κ1) is 29.9. The molecule has 41 heavy (non-hydrogen) atoms. The van der Waals surface area contributed by atoms with Gasteiger partial charge in [0.1, 0.15) is 0 Å². The summed E-state index contributed by atoms with van der Waals surface area (Å²) in [5.74, 6) is -1.11. The molecule has 2 aliphatic rings. The molecule has 5 rings (SSSR count). The van der Waals surface area contributed by atoms with Crippen molar-refractivity contribution in [2.45, 2.75) is 42.9 Å². The van der Waals surface area contributed by atoms with Gasteiger partial charge in [-0.05, 0) is 60.7 Å². The van der Waals surface area contributed by atoms with Gasteiger partial charge >= 0.3 is 11.8 Å². The van der Waals surface area contributed by atoms with Crippen molar-refractivity contribution < 1.29 is 18.0 Å². The normalized spacial score (nSPS) is 16.9. The lowest BCUT2D eigenvalue weighted by atomic mass is 9.84. The fraction of sp³-hybridized carbons (Fsp3) is 0.333. The third-order valence-corrected chi connectivity index (χ3v) is 10.8. The van der Waals surface area contributed by atoms with Crippen LogP contribution < -0.4 is 5.32 Å². The number of nitrogens with one attached hydrogen (secondary N) is 1. The van der Waals surface area contributed by atoms with Crippen molar-refractivity contribution in [3.05, 3.63) is 81.3 Å².